The Morgan fingerprint density at radius 3 is 2.32 bits per heavy atom. The molecule has 0 amide bonds. The van der Waals surface area contributed by atoms with Gasteiger partial charge in [-0.15, -0.1) is 0 Å². The fourth-order valence-corrected chi connectivity index (χ4v) is 10.7. The van der Waals surface area contributed by atoms with Crippen LogP contribution in [-0.4, -0.2) is 23.3 Å². The average Bonchev–Trinajstić information content (AvgIpc) is 3.45. The normalized spacial score (nSPS) is 32.6. The lowest BCUT2D eigenvalue weighted by atomic mass is 9.47. The molecule has 9 atom stereocenters. The summed E-state index contributed by atoms with van der Waals surface area (Å²) in [5, 5.41) is 9.49. The minimum Gasteiger partial charge on any atom is -0.462 e. The monoisotopic (exact) mass is 687 g/mol. The van der Waals surface area contributed by atoms with Crippen molar-refractivity contribution < 1.29 is 14.6 Å². The van der Waals surface area contributed by atoms with Crippen LogP contribution in [0.3, 0.4) is 0 Å². The lowest BCUT2D eigenvalue weighted by Gasteiger charge is -2.58. The smallest absolute Gasteiger partial charge is 0.306 e. The highest BCUT2D eigenvalue weighted by Crippen LogP contribution is 2.67. The van der Waals surface area contributed by atoms with E-state index in [9.17, 15) is 9.90 Å². The summed E-state index contributed by atoms with van der Waals surface area (Å²) in [5.74, 6) is 5.15. The molecule has 280 valence electrons. The van der Waals surface area contributed by atoms with Gasteiger partial charge in [-0.1, -0.05) is 133 Å². The van der Waals surface area contributed by atoms with Gasteiger partial charge >= 0.3 is 5.97 Å². The standard InChI is InChI=1S/C47H74O3/c1-7-39(48)25-20-18-16-14-12-10-8-9-11-13-15-17-19-21-26-45(49)50-40-31-33-46(5)38(35-40)27-28-41-43-30-29-42(37(4)24-22-23-36(2)3)47(43,6)34-32-44(41)46/h9-12,15-18,20,25,27,36-37,39-44,48H,7-8,13-14,19,21-24,26,28-35H2,1-6H3/b11-9-,12-10-,17-15-,18-16-,25-20+/t37-,39+,40+,41+,42-,43+,44+,46+,47-/m1/s1. The summed E-state index contributed by atoms with van der Waals surface area (Å²) in [6.45, 7) is 14.6. The third kappa shape index (κ3) is 11.2. The quantitative estimate of drug-likeness (QED) is 0.0637. The van der Waals surface area contributed by atoms with E-state index >= 15 is 0 Å². The lowest BCUT2D eigenvalue weighted by molar-refractivity contribution is -0.151. The maximum absolute atomic E-state index is 12.8. The van der Waals surface area contributed by atoms with Gasteiger partial charge in [-0.2, -0.15) is 0 Å². The highest BCUT2D eigenvalue weighted by molar-refractivity contribution is 5.69. The second-order valence-electron chi connectivity index (χ2n) is 17.4. The van der Waals surface area contributed by atoms with Crippen LogP contribution in [0.4, 0.5) is 0 Å². The minimum absolute atomic E-state index is 0.00895. The van der Waals surface area contributed by atoms with Gasteiger partial charge in [0.25, 0.3) is 0 Å². The van der Waals surface area contributed by atoms with Crippen molar-refractivity contribution in [1.29, 1.82) is 0 Å². The summed E-state index contributed by atoms with van der Waals surface area (Å²) in [5.41, 5.74) is 2.45. The van der Waals surface area contributed by atoms with E-state index in [0.29, 0.717) is 17.3 Å². The van der Waals surface area contributed by atoms with Crippen LogP contribution < -0.4 is 0 Å². The first-order chi connectivity index (χ1) is 24.1. The van der Waals surface area contributed by atoms with Gasteiger partial charge in [0.05, 0.1) is 6.10 Å². The van der Waals surface area contributed by atoms with Gasteiger partial charge < -0.3 is 9.84 Å². The number of aliphatic hydroxyl groups excluding tert-OH is 1. The van der Waals surface area contributed by atoms with Crippen molar-refractivity contribution in [3.8, 4) is 0 Å². The van der Waals surface area contributed by atoms with Gasteiger partial charge in [0.2, 0.25) is 0 Å². The van der Waals surface area contributed by atoms with Crippen molar-refractivity contribution in [3.05, 3.63) is 72.4 Å². The molecule has 0 spiro atoms. The molecule has 0 aromatic heterocycles. The van der Waals surface area contributed by atoms with Gasteiger partial charge in [-0.3, -0.25) is 4.79 Å². The van der Waals surface area contributed by atoms with E-state index in [1.165, 1.54) is 57.8 Å². The molecule has 0 aromatic carbocycles. The molecule has 0 unspecified atom stereocenters. The average molecular weight is 687 g/mol. The Labute approximate surface area is 307 Å². The van der Waals surface area contributed by atoms with Crippen molar-refractivity contribution in [2.24, 2.45) is 46.3 Å². The molecule has 0 aromatic rings. The molecule has 4 rings (SSSR count). The number of allylic oxidation sites excluding steroid dienone is 10. The highest BCUT2D eigenvalue weighted by atomic mass is 16.5. The van der Waals surface area contributed by atoms with E-state index in [1.54, 1.807) is 5.57 Å². The number of hydrogen-bond acceptors (Lipinski definition) is 3. The summed E-state index contributed by atoms with van der Waals surface area (Å²) in [6, 6.07) is 0. The van der Waals surface area contributed by atoms with E-state index in [1.807, 2.05) is 25.2 Å². The van der Waals surface area contributed by atoms with Crippen molar-refractivity contribution in [2.75, 3.05) is 0 Å². The fourth-order valence-electron chi connectivity index (χ4n) is 10.7. The molecule has 1 N–H and O–H groups in total. The first kappa shape index (κ1) is 40.6. The van der Waals surface area contributed by atoms with E-state index in [4.69, 9.17) is 4.74 Å². The van der Waals surface area contributed by atoms with Crippen LogP contribution >= 0.6 is 0 Å². The zero-order chi connectivity index (χ0) is 36.0. The molecular weight excluding hydrogens is 613 g/mol. The third-order valence-corrected chi connectivity index (χ3v) is 13.6. The van der Waals surface area contributed by atoms with Crippen molar-refractivity contribution >= 4 is 5.97 Å². The topological polar surface area (TPSA) is 46.5 Å². The maximum Gasteiger partial charge on any atom is 0.306 e. The van der Waals surface area contributed by atoms with E-state index in [2.05, 4.69) is 83.2 Å². The molecule has 0 heterocycles. The Morgan fingerprint density at radius 1 is 0.880 bits per heavy atom. The van der Waals surface area contributed by atoms with E-state index < -0.39 is 0 Å². The van der Waals surface area contributed by atoms with Crippen LogP contribution in [0, 0.1) is 46.3 Å². The number of esters is 1. The molecular formula is C47H74O3. The molecule has 3 nitrogen and oxygen atoms in total. The van der Waals surface area contributed by atoms with Crippen LogP contribution in [0.15, 0.2) is 72.4 Å². The van der Waals surface area contributed by atoms with E-state index in [0.717, 1.165) is 86.9 Å². The molecule has 3 saturated carbocycles. The number of carbonyl (C=O) groups excluding carboxylic acids is 1. The Balaban J connectivity index is 1.12. The number of aliphatic hydroxyl groups is 1. The molecule has 0 saturated heterocycles. The highest BCUT2D eigenvalue weighted by Gasteiger charge is 2.59. The van der Waals surface area contributed by atoms with Gasteiger partial charge in [0.15, 0.2) is 0 Å². The summed E-state index contributed by atoms with van der Waals surface area (Å²) in [6.07, 6.45) is 43.5. The molecule has 50 heavy (non-hydrogen) atoms. The summed E-state index contributed by atoms with van der Waals surface area (Å²) < 4.78 is 6.09. The second-order valence-corrected chi connectivity index (χ2v) is 17.4. The minimum atomic E-state index is -0.343. The molecule has 3 fully saturated rings. The van der Waals surface area contributed by atoms with Crippen LogP contribution in [0.2, 0.25) is 0 Å². The Bertz CT molecular complexity index is 1220. The Morgan fingerprint density at radius 2 is 1.60 bits per heavy atom. The number of carbonyl (C=O) groups is 1. The molecule has 4 aliphatic carbocycles. The fraction of sp³-hybridized carbons (Fsp3) is 0.723. The summed E-state index contributed by atoms with van der Waals surface area (Å²) in [7, 11) is 0. The number of hydrogen-bond donors (Lipinski definition) is 1. The largest absolute Gasteiger partial charge is 0.462 e. The van der Waals surface area contributed by atoms with Crippen LogP contribution in [0.1, 0.15) is 157 Å². The molecule has 4 aliphatic rings. The zero-order valence-electron chi connectivity index (χ0n) is 33.0. The molecule has 0 radical (unpaired) electrons. The predicted molar refractivity (Wildman–Crippen MR) is 213 cm³/mol. The van der Waals surface area contributed by atoms with Crippen molar-refractivity contribution in [2.45, 2.75) is 169 Å². The Hall–Kier alpha value is -2.13. The van der Waals surface area contributed by atoms with Crippen molar-refractivity contribution in [3.63, 3.8) is 0 Å². The molecule has 0 bridgehead atoms. The summed E-state index contributed by atoms with van der Waals surface area (Å²) in [4.78, 5) is 12.8. The Kier molecular flexibility index (Phi) is 16.4. The van der Waals surface area contributed by atoms with E-state index in [-0.39, 0.29) is 18.2 Å². The van der Waals surface area contributed by atoms with Gasteiger partial charge in [-0.05, 0) is 130 Å². The SMILES string of the molecule is CC[C@H](O)/C=C/C=C\C/C=C\C/C=C\C/C=C\CCCC(=O)O[C@H]1CC[C@@]2(C)C(=CC[C@H]3[C@@H]4CC[C@H]([C@H](C)CCCC(C)C)[C@@]4(C)CC[C@@H]32)C1. The van der Waals surface area contributed by atoms with Gasteiger partial charge in [-0.25, -0.2) is 0 Å². The first-order valence-electron chi connectivity index (χ1n) is 20.9. The maximum atomic E-state index is 12.8. The van der Waals surface area contributed by atoms with Crippen LogP contribution in [0.5, 0.6) is 0 Å². The number of unbranched alkanes of at least 4 members (excludes halogenated alkanes) is 1. The first-order valence-corrected chi connectivity index (χ1v) is 20.9. The molecule has 3 heteroatoms. The van der Waals surface area contributed by atoms with Crippen LogP contribution in [-0.2, 0) is 9.53 Å². The number of rotatable bonds is 19. The number of ether oxygens (including phenoxy) is 1. The third-order valence-electron chi connectivity index (χ3n) is 13.6. The zero-order valence-corrected chi connectivity index (χ0v) is 33.0. The van der Waals surface area contributed by atoms with Crippen molar-refractivity contribution in [1.82, 2.24) is 0 Å². The summed E-state index contributed by atoms with van der Waals surface area (Å²) >= 11 is 0. The number of fused-ring (bicyclic) bond motifs is 5. The van der Waals surface area contributed by atoms with Gasteiger partial charge in [0, 0.05) is 12.8 Å². The second kappa shape index (κ2) is 20.2. The van der Waals surface area contributed by atoms with Gasteiger partial charge in [0.1, 0.15) is 6.10 Å². The van der Waals surface area contributed by atoms with Crippen LogP contribution in [0.25, 0.3) is 0 Å². The lowest BCUT2D eigenvalue weighted by Crippen LogP contribution is -2.51. The molecule has 0 aliphatic heterocycles. The predicted octanol–water partition coefficient (Wildman–Crippen LogP) is 12.8.